The number of benzene rings is 1. The van der Waals surface area contributed by atoms with Crippen molar-refractivity contribution in [2.45, 2.75) is 18.8 Å². The normalized spacial score (nSPS) is 18.8. The molecule has 4 nitrogen and oxygen atoms in total. The van der Waals surface area contributed by atoms with E-state index in [1.807, 2.05) is 22.7 Å². The quantitative estimate of drug-likeness (QED) is 0.833. The topological polar surface area (TPSA) is 33.1 Å². The van der Waals surface area contributed by atoms with E-state index in [1.54, 1.807) is 6.20 Å². The molecule has 1 aliphatic heterocycles. The van der Waals surface area contributed by atoms with E-state index in [9.17, 15) is 17.6 Å². The summed E-state index contributed by atoms with van der Waals surface area (Å²) in [5.74, 6) is 0.176. The van der Waals surface area contributed by atoms with E-state index < -0.39 is 17.6 Å². The highest BCUT2D eigenvalue weighted by molar-refractivity contribution is 5.85. The number of aromatic nitrogens is 2. The lowest BCUT2D eigenvalue weighted by molar-refractivity contribution is -0.137. The van der Waals surface area contributed by atoms with Gasteiger partial charge in [-0.15, -0.1) is 12.4 Å². The largest absolute Gasteiger partial charge is 0.416 e. The maximum atomic E-state index is 14.0. The molecule has 9 heteroatoms. The maximum absolute atomic E-state index is 14.0. The molecule has 2 heterocycles. The lowest BCUT2D eigenvalue weighted by atomic mass is 10.1. The van der Waals surface area contributed by atoms with Crippen molar-refractivity contribution >= 4 is 12.4 Å². The van der Waals surface area contributed by atoms with Crippen molar-refractivity contribution in [2.75, 3.05) is 19.6 Å². The molecule has 0 bridgehead atoms. The molecule has 1 atom stereocenters. The summed E-state index contributed by atoms with van der Waals surface area (Å²) in [5, 5.41) is 3.25. The van der Waals surface area contributed by atoms with Crippen LogP contribution in [0.25, 0.3) is 0 Å². The Labute approximate surface area is 149 Å². The van der Waals surface area contributed by atoms with Crippen molar-refractivity contribution in [1.82, 2.24) is 19.8 Å². The monoisotopic (exact) mass is 378 g/mol. The summed E-state index contributed by atoms with van der Waals surface area (Å²) in [7, 11) is 1.86. The van der Waals surface area contributed by atoms with E-state index >= 15 is 0 Å². The van der Waals surface area contributed by atoms with Gasteiger partial charge in [0.15, 0.2) is 0 Å². The number of piperazine rings is 1. The van der Waals surface area contributed by atoms with Crippen molar-refractivity contribution in [2.24, 2.45) is 7.05 Å². The van der Waals surface area contributed by atoms with E-state index in [2.05, 4.69) is 10.3 Å². The molecule has 3 rings (SSSR count). The fraction of sp³-hybridized carbons (Fsp3) is 0.438. The minimum absolute atomic E-state index is 0. The van der Waals surface area contributed by atoms with Gasteiger partial charge in [-0.1, -0.05) is 0 Å². The summed E-state index contributed by atoms with van der Waals surface area (Å²) in [5.41, 5.74) is -0.784. The van der Waals surface area contributed by atoms with Gasteiger partial charge in [0, 0.05) is 51.2 Å². The number of hydrogen-bond donors (Lipinski definition) is 1. The molecule has 0 radical (unpaired) electrons. The molecule has 0 spiro atoms. The fourth-order valence-corrected chi connectivity index (χ4v) is 2.98. The predicted octanol–water partition coefficient (Wildman–Crippen LogP) is 3.15. The highest BCUT2D eigenvalue weighted by Gasteiger charge is 2.32. The third kappa shape index (κ3) is 4.31. The van der Waals surface area contributed by atoms with Gasteiger partial charge >= 0.3 is 6.18 Å². The van der Waals surface area contributed by atoms with Crippen LogP contribution in [0.2, 0.25) is 0 Å². The molecule has 138 valence electrons. The van der Waals surface area contributed by atoms with Crippen LogP contribution in [0.5, 0.6) is 0 Å². The Hall–Kier alpha value is -1.64. The van der Waals surface area contributed by atoms with Crippen LogP contribution < -0.4 is 5.32 Å². The third-order valence-corrected chi connectivity index (χ3v) is 4.26. The Morgan fingerprint density at radius 3 is 2.72 bits per heavy atom. The standard InChI is InChI=1S/C16H18F4N4.ClH/c1-23-6-5-22-15(23)14-9-21-4-7-24(14)10-11-8-12(16(18,19)20)2-3-13(11)17;/h2-3,5-6,8,14,21H,4,7,9-10H2,1H3;1H. The predicted molar refractivity (Wildman–Crippen MR) is 87.9 cm³/mol. The van der Waals surface area contributed by atoms with Gasteiger partial charge in [-0.3, -0.25) is 4.90 Å². The Bertz CT molecular complexity index is 716. The van der Waals surface area contributed by atoms with Crippen LogP contribution in [0, 0.1) is 5.82 Å². The molecule has 25 heavy (non-hydrogen) atoms. The molecule has 0 saturated carbocycles. The van der Waals surface area contributed by atoms with Crippen LogP contribution in [0.15, 0.2) is 30.6 Å². The summed E-state index contributed by atoms with van der Waals surface area (Å²) in [6, 6.07) is 2.43. The summed E-state index contributed by atoms with van der Waals surface area (Å²) in [4.78, 5) is 6.27. The van der Waals surface area contributed by atoms with Crippen LogP contribution >= 0.6 is 12.4 Å². The number of imidazole rings is 1. The second-order valence-electron chi connectivity index (χ2n) is 5.89. The van der Waals surface area contributed by atoms with Crippen LogP contribution in [-0.4, -0.2) is 34.1 Å². The number of aryl methyl sites for hydroxylation is 1. The van der Waals surface area contributed by atoms with Gasteiger partial charge in [0.05, 0.1) is 11.6 Å². The molecular formula is C16H19ClF4N4. The third-order valence-electron chi connectivity index (χ3n) is 4.26. The Balaban J connectivity index is 0.00000225. The second-order valence-corrected chi connectivity index (χ2v) is 5.89. The second kappa shape index (κ2) is 7.72. The fourth-order valence-electron chi connectivity index (χ4n) is 2.98. The van der Waals surface area contributed by atoms with Crippen molar-refractivity contribution in [1.29, 1.82) is 0 Å². The van der Waals surface area contributed by atoms with Crippen LogP contribution in [0.1, 0.15) is 23.0 Å². The van der Waals surface area contributed by atoms with Gasteiger partial charge in [0.1, 0.15) is 11.6 Å². The summed E-state index contributed by atoms with van der Waals surface area (Å²) in [6.07, 6.45) is -0.995. The molecular weight excluding hydrogens is 360 g/mol. The minimum atomic E-state index is -4.48. The summed E-state index contributed by atoms with van der Waals surface area (Å²) < 4.78 is 54.5. The zero-order chi connectivity index (χ0) is 17.3. The first kappa shape index (κ1) is 19.7. The molecule has 1 fully saturated rings. The molecule has 1 aliphatic rings. The van der Waals surface area contributed by atoms with Gasteiger partial charge < -0.3 is 9.88 Å². The van der Waals surface area contributed by atoms with Gasteiger partial charge in [-0.05, 0) is 18.2 Å². The number of nitrogens with zero attached hydrogens (tertiary/aromatic N) is 3. The van der Waals surface area contributed by atoms with E-state index in [4.69, 9.17) is 0 Å². The lowest BCUT2D eigenvalue weighted by Crippen LogP contribution is -2.46. The van der Waals surface area contributed by atoms with Gasteiger partial charge in [0.25, 0.3) is 0 Å². The maximum Gasteiger partial charge on any atom is 0.416 e. The zero-order valence-corrected chi connectivity index (χ0v) is 14.4. The van der Waals surface area contributed by atoms with E-state index in [1.165, 1.54) is 0 Å². The van der Waals surface area contributed by atoms with Gasteiger partial charge in [0.2, 0.25) is 0 Å². The number of halogens is 5. The summed E-state index contributed by atoms with van der Waals surface area (Å²) in [6.45, 7) is 2.02. The molecule has 1 N–H and O–H groups in total. The summed E-state index contributed by atoms with van der Waals surface area (Å²) >= 11 is 0. The molecule has 1 unspecified atom stereocenters. The Morgan fingerprint density at radius 2 is 2.08 bits per heavy atom. The first-order chi connectivity index (χ1) is 11.4. The molecule has 1 aromatic heterocycles. The molecule has 0 aliphatic carbocycles. The SMILES string of the molecule is Cl.Cn1ccnc1C1CNCCN1Cc1cc(C(F)(F)F)ccc1F. The molecule has 1 saturated heterocycles. The van der Waals surface area contributed by atoms with Crippen LogP contribution in [-0.2, 0) is 19.8 Å². The van der Waals surface area contributed by atoms with E-state index in [0.29, 0.717) is 19.6 Å². The smallest absolute Gasteiger partial charge is 0.337 e. The van der Waals surface area contributed by atoms with Gasteiger partial charge in [-0.25, -0.2) is 9.37 Å². The molecule has 0 amide bonds. The number of rotatable bonds is 3. The van der Waals surface area contributed by atoms with Crippen molar-refractivity contribution in [3.63, 3.8) is 0 Å². The number of alkyl halides is 3. The Kier molecular flexibility index (Phi) is 6.08. The zero-order valence-electron chi connectivity index (χ0n) is 13.6. The average molecular weight is 379 g/mol. The number of hydrogen-bond acceptors (Lipinski definition) is 3. The van der Waals surface area contributed by atoms with E-state index in [-0.39, 0.29) is 30.6 Å². The highest BCUT2D eigenvalue weighted by atomic mass is 35.5. The average Bonchev–Trinajstić information content (AvgIpc) is 2.95. The molecule has 1 aromatic carbocycles. The van der Waals surface area contributed by atoms with Crippen molar-refractivity contribution < 1.29 is 17.6 Å². The van der Waals surface area contributed by atoms with E-state index in [0.717, 1.165) is 24.0 Å². The first-order valence-electron chi connectivity index (χ1n) is 7.64. The first-order valence-corrected chi connectivity index (χ1v) is 7.64. The van der Waals surface area contributed by atoms with Crippen LogP contribution in [0.3, 0.4) is 0 Å². The molecule has 2 aromatic rings. The van der Waals surface area contributed by atoms with Crippen molar-refractivity contribution in [3.05, 3.63) is 53.4 Å². The highest BCUT2D eigenvalue weighted by Crippen LogP contribution is 2.31. The lowest BCUT2D eigenvalue weighted by Gasteiger charge is -2.35. The van der Waals surface area contributed by atoms with Gasteiger partial charge in [-0.2, -0.15) is 13.2 Å². The Morgan fingerprint density at radius 1 is 1.32 bits per heavy atom. The van der Waals surface area contributed by atoms with Crippen molar-refractivity contribution in [3.8, 4) is 0 Å². The van der Waals surface area contributed by atoms with Crippen LogP contribution in [0.4, 0.5) is 17.6 Å². The minimum Gasteiger partial charge on any atom is -0.337 e. The number of nitrogens with one attached hydrogen (secondary N) is 1.